The lowest BCUT2D eigenvalue weighted by atomic mass is 10.2. The van der Waals surface area contributed by atoms with Crippen molar-refractivity contribution in [3.8, 4) is 23.3 Å². The average molecular weight is 317 g/mol. The van der Waals surface area contributed by atoms with Gasteiger partial charge >= 0.3 is 0 Å². The quantitative estimate of drug-likeness (QED) is 0.687. The molecular formula is C20H19N3O. The number of aromatic nitrogens is 2. The summed E-state index contributed by atoms with van der Waals surface area (Å²) in [5.74, 6) is 1.53. The fraction of sp³-hybridized carbons (Fsp3) is 0.200. The van der Waals surface area contributed by atoms with Crippen LogP contribution in [0.25, 0.3) is 5.69 Å². The number of benzene rings is 2. The molecule has 2 aromatic carbocycles. The molecule has 0 aliphatic carbocycles. The molecule has 0 spiro atoms. The van der Waals surface area contributed by atoms with Crippen LogP contribution in [0.4, 0.5) is 0 Å². The SMILES string of the molecule is CCc1nn(-c2ccccc2)c(CC)c1Oc1ccc(C#N)cc1. The van der Waals surface area contributed by atoms with Crippen molar-refractivity contribution < 1.29 is 4.74 Å². The van der Waals surface area contributed by atoms with Crippen LogP contribution < -0.4 is 4.74 Å². The van der Waals surface area contributed by atoms with Crippen LogP contribution in [0, 0.1) is 11.3 Å². The van der Waals surface area contributed by atoms with Gasteiger partial charge in [0.25, 0.3) is 0 Å². The summed E-state index contributed by atoms with van der Waals surface area (Å²) in [6.45, 7) is 4.17. The number of para-hydroxylation sites is 1. The van der Waals surface area contributed by atoms with Crippen molar-refractivity contribution in [2.45, 2.75) is 26.7 Å². The molecule has 0 saturated heterocycles. The number of ether oxygens (including phenoxy) is 1. The van der Waals surface area contributed by atoms with Gasteiger partial charge in [-0.15, -0.1) is 0 Å². The standard InChI is InChI=1S/C20H19N3O/c1-3-18-20(24-17-12-10-15(14-21)11-13-17)19(4-2)23(22-18)16-8-6-5-7-9-16/h5-13H,3-4H2,1-2H3. The minimum atomic E-state index is 0.619. The van der Waals surface area contributed by atoms with E-state index in [1.807, 2.05) is 47.1 Å². The average Bonchev–Trinajstić information content (AvgIpc) is 3.00. The molecule has 1 aromatic heterocycles. The lowest BCUT2D eigenvalue weighted by Crippen LogP contribution is -2.01. The molecule has 0 aliphatic rings. The first-order chi connectivity index (χ1) is 11.8. The fourth-order valence-corrected chi connectivity index (χ4v) is 2.65. The zero-order valence-electron chi connectivity index (χ0n) is 13.9. The minimum absolute atomic E-state index is 0.619. The second kappa shape index (κ2) is 7.01. The molecule has 0 aliphatic heterocycles. The zero-order chi connectivity index (χ0) is 16.9. The Morgan fingerprint density at radius 2 is 1.71 bits per heavy atom. The number of rotatable bonds is 5. The van der Waals surface area contributed by atoms with E-state index in [4.69, 9.17) is 15.1 Å². The first kappa shape index (κ1) is 15.8. The molecule has 0 saturated carbocycles. The summed E-state index contributed by atoms with van der Waals surface area (Å²) in [5, 5.41) is 13.6. The molecule has 0 bridgehead atoms. The largest absolute Gasteiger partial charge is 0.453 e. The highest BCUT2D eigenvalue weighted by Gasteiger charge is 2.18. The second-order valence-corrected chi connectivity index (χ2v) is 5.42. The number of nitriles is 1. The minimum Gasteiger partial charge on any atom is -0.453 e. The Hall–Kier alpha value is -3.06. The summed E-state index contributed by atoms with van der Waals surface area (Å²) in [7, 11) is 0. The number of hydrogen-bond acceptors (Lipinski definition) is 3. The molecule has 3 aromatic rings. The molecule has 0 unspecified atom stereocenters. The van der Waals surface area contributed by atoms with Crippen LogP contribution in [0.2, 0.25) is 0 Å². The number of aryl methyl sites for hydroxylation is 1. The van der Waals surface area contributed by atoms with Gasteiger partial charge in [0.1, 0.15) is 11.4 Å². The van der Waals surface area contributed by atoms with Crippen molar-refractivity contribution in [1.82, 2.24) is 9.78 Å². The smallest absolute Gasteiger partial charge is 0.172 e. The summed E-state index contributed by atoms with van der Waals surface area (Å²) in [6.07, 6.45) is 1.60. The third kappa shape index (κ3) is 3.02. The van der Waals surface area contributed by atoms with Gasteiger partial charge in [-0.2, -0.15) is 10.4 Å². The monoisotopic (exact) mass is 317 g/mol. The van der Waals surface area contributed by atoms with Crippen LogP contribution in [-0.2, 0) is 12.8 Å². The lowest BCUT2D eigenvalue weighted by Gasteiger charge is -2.09. The summed E-state index contributed by atoms with van der Waals surface area (Å²) in [5.41, 5.74) is 3.62. The van der Waals surface area contributed by atoms with Gasteiger partial charge in [-0.25, -0.2) is 4.68 Å². The van der Waals surface area contributed by atoms with Gasteiger partial charge in [-0.3, -0.25) is 0 Å². The summed E-state index contributed by atoms with van der Waals surface area (Å²) in [4.78, 5) is 0. The maximum Gasteiger partial charge on any atom is 0.172 e. The van der Waals surface area contributed by atoms with Gasteiger partial charge in [-0.05, 0) is 49.2 Å². The molecule has 0 amide bonds. The predicted octanol–water partition coefficient (Wildman–Crippen LogP) is 4.66. The molecule has 120 valence electrons. The van der Waals surface area contributed by atoms with Crippen molar-refractivity contribution in [1.29, 1.82) is 5.26 Å². The normalized spacial score (nSPS) is 10.4. The fourth-order valence-electron chi connectivity index (χ4n) is 2.65. The lowest BCUT2D eigenvalue weighted by molar-refractivity contribution is 0.470. The molecule has 0 radical (unpaired) electrons. The van der Waals surface area contributed by atoms with Crippen LogP contribution in [0.3, 0.4) is 0 Å². The van der Waals surface area contributed by atoms with Crippen LogP contribution >= 0.6 is 0 Å². The zero-order valence-corrected chi connectivity index (χ0v) is 13.9. The predicted molar refractivity (Wildman–Crippen MR) is 93.6 cm³/mol. The Morgan fingerprint density at radius 1 is 1.00 bits per heavy atom. The van der Waals surface area contributed by atoms with Gasteiger partial charge < -0.3 is 4.74 Å². The van der Waals surface area contributed by atoms with Gasteiger partial charge in [0.15, 0.2) is 5.75 Å². The van der Waals surface area contributed by atoms with Crippen molar-refractivity contribution in [2.24, 2.45) is 0 Å². The third-order valence-corrected chi connectivity index (χ3v) is 3.87. The van der Waals surface area contributed by atoms with Crippen LogP contribution in [0.15, 0.2) is 54.6 Å². The summed E-state index contributed by atoms with van der Waals surface area (Å²) in [6, 6.07) is 19.3. The molecule has 24 heavy (non-hydrogen) atoms. The van der Waals surface area contributed by atoms with Crippen LogP contribution in [-0.4, -0.2) is 9.78 Å². The van der Waals surface area contributed by atoms with E-state index < -0.39 is 0 Å². The van der Waals surface area contributed by atoms with E-state index >= 15 is 0 Å². The number of nitrogens with zero attached hydrogens (tertiary/aromatic N) is 3. The van der Waals surface area contributed by atoms with Crippen LogP contribution in [0.1, 0.15) is 30.8 Å². The topological polar surface area (TPSA) is 50.8 Å². The van der Waals surface area contributed by atoms with E-state index in [9.17, 15) is 0 Å². The first-order valence-corrected chi connectivity index (χ1v) is 8.11. The Bertz CT molecular complexity index is 858. The molecule has 3 rings (SSSR count). The number of hydrogen-bond donors (Lipinski definition) is 0. The molecule has 0 fully saturated rings. The molecule has 0 N–H and O–H groups in total. The van der Waals surface area contributed by atoms with E-state index in [2.05, 4.69) is 19.9 Å². The maximum atomic E-state index is 8.91. The van der Waals surface area contributed by atoms with Gasteiger partial charge in [0.2, 0.25) is 0 Å². The molecule has 4 nitrogen and oxygen atoms in total. The highest BCUT2D eigenvalue weighted by molar-refractivity contribution is 5.45. The van der Waals surface area contributed by atoms with E-state index in [1.54, 1.807) is 12.1 Å². The summed E-state index contributed by atoms with van der Waals surface area (Å²) >= 11 is 0. The van der Waals surface area contributed by atoms with Gasteiger partial charge in [0.05, 0.1) is 23.0 Å². The Labute approximate surface area is 141 Å². The Balaban J connectivity index is 2.03. The maximum absolute atomic E-state index is 8.91. The van der Waals surface area contributed by atoms with E-state index in [0.717, 1.165) is 35.7 Å². The first-order valence-electron chi connectivity index (χ1n) is 8.11. The highest BCUT2D eigenvalue weighted by atomic mass is 16.5. The van der Waals surface area contributed by atoms with E-state index in [0.29, 0.717) is 11.3 Å². The van der Waals surface area contributed by atoms with Crippen LogP contribution in [0.5, 0.6) is 11.5 Å². The Morgan fingerprint density at radius 3 is 2.29 bits per heavy atom. The van der Waals surface area contributed by atoms with Gasteiger partial charge in [0, 0.05) is 0 Å². The van der Waals surface area contributed by atoms with Crippen molar-refractivity contribution in [2.75, 3.05) is 0 Å². The Kier molecular flexibility index (Phi) is 4.62. The van der Waals surface area contributed by atoms with E-state index in [-0.39, 0.29) is 0 Å². The molecule has 0 atom stereocenters. The van der Waals surface area contributed by atoms with Crippen molar-refractivity contribution in [3.63, 3.8) is 0 Å². The highest BCUT2D eigenvalue weighted by Crippen LogP contribution is 2.32. The summed E-state index contributed by atoms with van der Waals surface area (Å²) < 4.78 is 8.09. The molecular weight excluding hydrogens is 298 g/mol. The van der Waals surface area contributed by atoms with E-state index in [1.165, 1.54) is 0 Å². The molecule has 4 heteroatoms. The van der Waals surface area contributed by atoms with Gasteiger partial charge in [-0.1, -0.05) is 32.0 Å². The second-order valence-electron chi connectivity index (χ2n) is 5.42. The third-order valence-electron chi connectivity index (χ3n) is 3.87. The molecule has 1 heterocycles. The van der Waals surface area contributed by atoms with Crippen molar-refractivity contribution >= 4 is 0 Å². The van der Waals surface area contributed by atoms with Crippen molar-refractivity contribution in [3.05, 3.63) is 71.5 Å².